The molecule has 0 N–H and O–H groups in total. The molecule has 126 valence electrons. The average molecular weight is 322 g/mol. The van der Waals surface area contributed by atoms with Crippen LogP contribution in [0.2, 0.25) is 0 Å². The van der Waals surface area contributed by atoms with Crippen LogP contribution in [0.3, 0.4) is 0 Å². The molecule has 0 aromatic heterocycles. The Labute approximate surface area is 133 Å². The molecule has 0 rings (SSSR count). The molecular formula is C15H30O5S. The van der Waals surface area contributed by atoms with Crippen molar-refractivity contribution >= 4 is 17.7 Å². The number of carbonyl (C=O) groups is 1. The molecule has 0 radical (unpaired) electrons. The fourth-order valence-corrected chi connectivity index (χ4v) is 2.33. The van der Waals surface area contributed by atoms with E-state index < -0.39 is 0 Å². The first-order chi connectivity index (χ1) is 10.2. The highest BCUT2D eigenvalue weighted by Gasteiger charge is 2.12. The van der Waals surface area contributed by atoms with Gasteiger partial charge in [0.2, 0.25) is 0 Å². The first kappa shape index (κ1) is 20.7. The number of methoxy groups -OCH3 is 1. The predicted molar refractivity (Wildman–Crippen MR) is 85.9 cm³/mol. The number of thioether (sulfide) groups is 1. The van der Waals surface area contributed by atoms with E-state index in [9.17, 15) is 4.79 Å². The van der Waals surface area contributed by atoms with E-state index >= 15 is 0 Å². The topological polar surface area (TPSA) is 54.0 Å². The minimum atomic E-state index is -0.155. The Balaban J connectivity index is 3.11. The minimum absolute atomic E-state index is 0.0592. The molecular weight excluding hydrogens is 292 g/mol. The van der Waals surface area contributed by atoms with Gasteiger partial charge in [0, 0.05) is 18.1 Å². The summed E-state index contributed by atoms with van der Waals surface area (Å²) in [6, 6.07) is 0. The van der Waals surface area contributed by atoms with Crippen LogP contribution in [0.4, 0.5) is 0 Å². The second kappa shape index (κ2) is 16.1. The van der Waals surface area contributed by atoms with Crippen LogP contribution in [0, 0.1) is 5.92 Å². The molecule has 0 aromatic rings. The van der Waals surface area contributed by atoms with Crippen molar-refractivity contribution < 1.29 is 23.7 Å². The van der Waals surface area contributed by atoms with E-state index in [1.807, 2.05) is 6.92 Å². The number of ether oxygens (including phenoxy) is 4. The molecule has 0 aliphatic rings. The summed E-state index contributed by atoms with van der Waals surface area (Å²) >= 11 is 1.70. The molecule has 21 heavy (non-hydrogen) atoms. The monoisotopic (exact) mass is 322 g/mol. The fraction of sp³-hybridized carbons (Fsp3) is 0.933. The van der Waals surface area contributed by atoms with Gasteiger partial charge in [-0.1, -0.05) is 20.3 Å². The van der Waals surface area contributed by atoms with Gasteiger partial charge < -0.3 is 18.9 Å². The van der Waals surface area contributed by atoms with Crippen LogP contribution in [0.15, 0.2) is 0 Å². The van der Waals surface area contributed by atoms with Crippen LogP contribution in [-0.4, -0.2) is 64.2 Å². The van der Waals surface area contributed by atoms with E-state index in [0.717, 1.165) is 31.0 Å². The Morgan fingerprint density at radius 3 is 2.14 bits per heavy atom. The molecule has 0 bridgehead atoms. The normalized spacial score (nSPS) is 12.3. The van der Waals surface area contributed by atoms with Gasteiger partial charge in [-0.3, -0.25) is 4.79 Å². The largest absolute Gasteiger partial charge is 0.469 e. The molecule has 1 unspecified atom stereocenters. The van der Waals surface area contributed by atoms with Crippen molar-refractivity contribution in [2.45, 2.75) is 26.7 Å². The first-order valence-corrected chi connectivity index (χ1v) is 8.76. The number of esters is 1. The summed E-state index contributed by atoms with van der Waals surface area (Å²) in [5.74, 6) is 1.43. The van der Waals surface area contributed by atoms with Gasteiger partial charge in [-0.2, -0.15) is 11.8 Å². The van der Waals surface area contributed by atoms with Gasteiger partial charge in [0.05, 0.1) is 46.1 Å². The van der Waals surface area contributed by atoms with E-state index in [-0.39, 0.29) is 11.9 Å². The summed E-state index contributed by atoms with van der Waals surface area (Å²) < 4.78 is 20.9. The van der Waals surface area contributed by atoms with Gasteiger partial charge in [-0.25, -0.2) is 0 Å². The Morgan fingerprint density at radius 1 is 1.00 bits per heavy atom. The van der Waals surface area contributed by atoms with Crippen molar-refractivity contribution in [3.63, 3.8) is 0 Å². The molecule has 0 amide bonds. The van der Waals surface area contributed by atoms with Crippen molar-refractivity contribution in [1.82, 2.24) is 0 Å². The Morgan fingerprint density at radius 2 is 1.57 bits per heavy atom. The van der Waals surface area contributed by atoms with Gasteiger partial charge in [0.1, 0.15) is 0 Å². The van der Waals surface area contributed by atoms with Crippen LogP contribution in [0.25, 0.3) is 0 Å². The summed E-state index contributed by atoms with van der Waals surface area (Å²) in [5.41, 5.74) is 0. The summed E-state index contributed by atoms with van der Waals surface area (Å²) in [7, 11) is 1.42. The Bertz CT molecular complexity index is 238. The lowest BCUT2D eigenvalue weighted by Gasteiger charge is -2.09. The highest BCUT2D eigenvalue weighted by atomic mass is 32.2. The van der Waals surface area contributed by atoms with Crippen LogP contribution < -0.4 is 0 Å². The maximum Gasteiger partial charge on any atom is 0.309 e. The van der Waals surface area contributed by atoms with Crippen LogP contribution in [0.5, 0.6) is 0 Å². The summed E-state index contributed by atoms with van der Waals surface area (Å²) in [5, 5.41) is 0. The Hall–Kier alpha value is -0.300. The second-order valence-electron chi connectivity index (χ2n) is 4.69. The molecule has 0 aliphatic heterocycles. The lowest BCUT2D eigenvalue weighted by atomic mass is 10.2. The molecule has 6 heteroatoms. The quantitative estimate of drug-likeness (QED) is 0.341. The van der Waals surface area contributed by atoms with E-state index in [4.69, 9.17) is 14.2 Å². The Kier molecular flexibility index (Phi) is 15.8. The van der Waals surface area contributed by atoms with Gasteiger partial charge >= 0.3 is 5.97 Å². The molecule has 0 spiro atoms. The third-order valence-corrected chi connectivity index (χ3v) is 3.92. The highest BCUT2D eigenvalue weighted by Crippen LogP contribution is 2.09. The van der Waals surface area contributed by atoms with Crippen molar-refractivity contribution in [2.75, 3.05) is 58.3 Å². The number of hydrogen-bond donors (Lipinski definition) is 0. The van der Waals surface area contributed by atoms with Gasteiger partial charge in [0.25, 0.3) is 0 Å². The SMILES string of the molecule is CCCCOCCOCCOCCSCC(C)C(=O)OC. The van der Waals surface area contributed by atoms with Gasteiger partial charge in [-0.05, 0) is 6.42 Å². The van der Waals surface area contributed by atoms with Crippen LogP contribution in [0.1, 0.15) is 26.7 Å². The van der Waals surface area contributed by atoms with Crippen molar-refractivity contribution in [3.05, 3.63) is 0 Å². The van der Waals surface area contributed by atoms with Gasteiger partial charge in [-0.15, -0.1) is 0 Å². The van der Waals surface area contributed by atoms with Crippen LogP contribution in [-0.2, 0) is 23.7 Å². The maximum atomic E-state index is 11.2. The lowest BCUT2D eigenvalue weighted by Crippen LogP contribution is -2.15. The molecule has 1 atom stereocenters. The van der Waals surface area contributed by atoms with Crippen molar-refractivity contribution in [1.29, 1.82) is 0 Å². The smallest absolute Gasteiger partial charge is 0.309 e. The van der Waals surface area contributed by atoms with E-state index in [2.05, 4.69) is 11.7 Å². The van der Waals surface area contributed by atoms with Crippen LogP contribution >= 0.6 is 11.8 Å². The maximum absolute atomic E-state index is 11.2. The molecule has 0 saturated heterocycles. The molecule has 0 heterocycles. The average Bonchev–Trinajstić information content (AvgIpc) is 2.50. The summed E-state index contributed by atoms with van der Waals surface area (Å²) in [4.78, 5) is 11.2. The molecule has 0 fully saturated rings. The number of rotatable bonds is 15. The standard InChI is InChI=1S/C15H30O5S/c1-4-5-6-18-7-8-19-9-10-20-11-12-21-13-14(2)15(16)17-3/h14H,4-13H2,1-3H3. The third kappa shape index (κ3) is 14.4. The number of carbonyl (C=O) groups excluding carboxylic acids is 1. The number of hydrogen-bond acceptors (Lipinski definition) is 6. The van der Waals surface area contributed by atoms with Crippen molar-refractivity contribution in [3.8, 4) is 0 Å². The van der Waals surface area contributed by atoms with Crippen molar-refractivity contribution in [2.24, 2.45) is 5.92 Å². The zero-order valence-corrected chi connectivity index (χ0v) is 14.4. The molecule has 0 aliphatic carbocycles. The summed E-state index contributed by atoms with van der Waals surface area (Å²) in [6.45, 7) is 7.98. The zero-order valence-electron chi connectivity index (χ0n) is 13.6. The highest BCUT2D eigenvalue weighted by molar-refractivity contribution is 7.99. The minimum Gasteiger partial charge on any atom is -0.469 e. The lowest BCUT2D eigenvalue weighted by molar-refractivity contribution is -0.143. The summed E-state index contributed by atoms with van der Waals surface area (Å²) in [6.07, 6.45) is 2.26. The van der Waals surface area contributed by atoms with Gasteiger partial charge in [0.15, 0.2) is 0 Å². The fourth-order valence-electron chi connectivity index (χ4n) is 1.44. The molecule has 0 aromatic carbocycles. The number of unbranched alkanes of at least 4 members (excludes halogenated alkanes) is 1. The zero-order chi connectivity index (χ0) is 15.8. The second-order valence-corrected chi connectivity index (χ2v) is 5.84. The molecule has 0 saturated carbocycles. The third-order valence-electron chi connectivity index (χ3n) is 2.73. The predicted octanol–water partition coefficient (Wildman–Crippen LogP) is 2.38. The van der Waals surface area contributed by atoms with E-state index in [0.29, 0.717) is 33.0 Å². The van der Waals surface area contributed by atoms with E-state index in [1.165, 1.54) is 7.11 Å². The van der Waals surface area contributed by atoms with E-state index in [1.54, 1.807) is 11.8 Å². The first-order valence-electron chi connectivity index (χ1n) is 7.61. The molecule has 5 nitrogen and oxygen atoms in total.